The molecule has 1 heterocycles. The number of carbonyl (C=O) groups is 1. The Labute approximate surface area is 226 Å². The molecular weight excluding hydrogens is 485 g/mol. The third-order valence-corrected chi connectivity index (χ3v) is 7.21. The molecule has 0 spiro atoms. The number of ether oxygens (including phenoxy) is 3. The summed E-state index contributed by atoms with van der Waals surface area (Å²) in [6, 6.07) is 5.47. The van der Waals surface area contributed by atoms with E-state index in [2.05, 4.69) is 20.8 Å². The lowest BCUT2D eigenvalue weighted by Gasteiger charge is -2.34. The highest BCUT2D eigenvalue weighted by Gasteiger charge is 2.45. The first-order valence-electron chi connectivity index (χ1n) is 13.2. The number of rotatable bonds is 10. The molecule has 3 rings (SSSR count). The van der Waals surface area contributed by atoms with E-state index in [1.165, 1.54) is 0 Å². The summed E-state index contributed by atoms with van der Waals surface area (Å²) >= 11 is 0. The molecule has 208 valence electrons. The molecule has 1 aliphatic rings. The minimum absolute atomic E-state index is 0.000885. The van der Waals surface area contributed by atoms with Crippen LogP contribution in [0.5, 0.6) is 17.2 Å². The molecule has 0 unspecified atom stereocenters. The van der Waals surface area contributed by atoms with Gasteiger partial charge in [-0.05, 0) is 63.8 Å². The van der Waals surface area contributed by atoms with E-state index >= 15 is 4.39 Å². The largest absolute Gasteiger partial charge is 0.494 e. The van der Waals surface area contributed by atoms with Gasteiger partial charge in [0.2, 0.25) is 0 Å². The average Bonchev–Trinajstić information content (AvgIpc) is 3.04. The lowest BCUT2D eigenvalue weighted by atomic mass is 9.84. The number of fused-ring (bicyclic) bond motifs is 1. The SMILES string of the molecule is CCOc1cc2c(c(F)c1OCC)C(=N)N(CC(=O)c1cc(N(C)CC)c(OC)c(C(C)(C)C)c1)C2(C)C. The van der Waals surface area contributed by atoms with E-state index in [0.717, 1.165) is 23.5 Å². The Balaban J connectivity index is 2.09. The van der Waals surface area contributed by atoms with E-state index in [-0.39, 0.29) is 41.5 Å². The van der Waals surface area contributed by atoms with E-state index in [4.69, 9.17) is 19.6 Å². The van der Waals surface area contributed by atoms with E-state index < -0.39 is 11.4 Å². The number of amidine groups is 1. The van der Waals surface area contributed by atoms with Crippen molar-refractivity contribution in [2.75, 3.05) is 45.4 Å². The molecule has 0 bridgehead atoms. The second-order valence-corrected chi connectivity index (χ2v) is 11.1. The van der Waals surface area contributed by atoms with Crippen LogP contribution in [0.25, 0.3) is 0 Å². The van der Waals surface area contributed by atoms with Gasteiger partial charge in [0.25, 0.3) is 0 Å². The normalized spacial score (nSPS) is 14.4. The fourth-order valence-electron chi connectivity index (χ4n) is 4.94. The smallest absolute Gasteiger partial charge is 0.197 e. The highest BCUT2D eigenvalue weighted by molar-refractivity contribution is 6.07. The van der Waals surface area contributed by atoms with Crippen LogP contribution in [-0.4, -0.2) is 57.0 Å². The van der Waals surface area contributed by atoms with Crippen LogP contribution < -0.4 is 19.1 Å². The first kappa shape index (κ1) is 29.3. The summed E-state index contributed by atoms with van der Waals surface area (Å²) in [5.74, 6) is 0.206. The van der Waals surface area contributed by atoms with Gasteiger partial charge in [0.1, 0.15) is 11.6 Å². The van der Waals surface area contributed by atoms with Crippen molar-refractivity contribution in [1.29, 1.82) is 5.41 Å². The number of Topliss-reactive ketones (excluding diaryl/α,β-unsaturated/α-hetero) is 1. The molecule has 0 aliphatic carbocycles. The fraction of sp³-hybridized carbons (Fsp3) is 0.533. The molecule has 8 heteroatoms. The molecule has 0 fully saturated rings. The van der Waals surface area contributed by atoms with Crippen molar-refractivity contribution in [3.8, 4) is 17.2 Å². The van der Waals surface area contributed by atoms with Crippen molar-refractivity contribution in [2.24, 2.45) is 0 Å². The van der Waals surface area contributed by atoms with Gasteiger partial charge in [-0.2, -0.15) is 0 Å². The topological polar surface area (TPSA) is 75.1 Å². The number of nitrogens with one attached hydrogen (secondary N) is 1. The minimum atomic E-state index is -0.818. The zero-order valence-electron chi connectivity index (χ0n) is 24.5. The standard InChI is InChI=1S/C30H42FN3O4/c1-11-33(9)21-15-18(14-20(26(21)36-10)29(4,5)6)22(35)17-34-28(32)24-19(30(34,7)8)16-23(37-12-2)27(25(24)31)38-13-3/h14-16,32H,11-13,17H2,1-10H3. The quantitative estimate of drug-likeness (QED) is 0.374. The second kappa shape index (κ2) is 10.8. The summed E-state index contributed by atoms with van der Waals surface area (Å²) < 4.78 is 32.8. The van der Waals surface area contributed by atoms with Crippen LogP contribution in [-0.2, 0) is 11.0 Å². The van der Waals surface area contributed by atoms with Gasteiger partial charge in [-0.25, -0.2) is 4.39 Å². The summed E-state index contributed by atoms with van der Waals surface area (Å²) in [7, 11) is 3.61. The molecule has 38 heavy (non-hydrogen) atoms. The molecule has 0 radical (unpaired) electrons. The predicted molar refractivity (Wildman–Crippen MR) is 150 cm³/mol. The third kappa shape index (κ3) is 5.05. The third-order valence-electron chi connectivity index (χ3n) is 7.21. The summed E-state index contributed by atoms with van der Waals surface area (Å²) in [6.45, 7) is 16.9. The lowest BCUT2D eigenvalue weighted by molar-refractivity contribution is 0.0920. The van der Waals surface area contributed by atoms with Gasteiger partial charge in [0.05, 0.1) is 43.7 Å². The van der Waals surface area contributed by atoms with Crippen molar-refractivity contribution in [2.45, 2.75) is 66.3 Å². The number of anilines is 1. The molecule has 0 aromatic heterocycles. The predicted octanol–water partition coefficient (Wildman–Crippen LogP) is 6.14. The van der Waals surface area contributed by atoms with Crippen LogP contribution in [0.1, 0.15) is 82.4 Å². The van der Waals surface area contributed by atoms with Crippen LogP contribution in [0.4, 0.5) is 10.1 Å². The van der Waals surface area contributed by atoms with Crippen molar-refractivity contribution in [1.82, 2.24) is 4.90 Å². The van der Waals surface area contributed by atoms with Crippen molar-refractivity contribution in [3.63, 3.8) is 0 Å². The fourth-order valence-corrected chi connectivity index (χ4v) is 4.94. The molecule has 0 atom stereocenters. The highest BCUT2D eigenvalue weighted by Crippen LogP contribution is 2.46. The van der Waals surface area contributed by atoms with Gasteiger partial charge in [-0.15, -0.1) is 0 Å². The van der Waals surface area contributed by atoms with E-state index in [9.17, 15) is 4.79 Å². The van der Waals surface area contributed by atoms with Gasteiger partial charge in [-0.1, -0.05) is 20.8 Å². The van der Waals surface area contributed by atoms with Crippen molar-refractivity contribution < 1.29 is 23.4 Å². The van der Waals surface area contributed by atoms with E-state index in [0.29, 0.717) is 23.5 Å². The number of ketones is 1. The van der Waals surface area contributed by atoms with Crippen LogP contribution in [0.3, 0.4) is 0 Å². The minimum Gasteiger partial charge on any atom is -0.494 e. The Kier molecular flexibility index (Phi) is 8.34. The summed E-state index contributed by atoms with van der Waals surface area (Å²) in [4.78, 5) is 17.5. The van der Waals surface area contributed by atoms with Crippen LogP contribution in [0.15, 0.2) is 18.2 Å². The Morgan fingerprint density at radius 2 is 1.71 bits per heavy atom. The Hall–Kier alpha value is -3.29. The zero-order valence-corrected chi connectivity index (χ0v) is 24.5. The Morgan fingerprint density at radius 1 is 1.08 bits per heavy atom. The number of hydrogen-bond acceptors (Lipinski definition) is 6. The number of hydrogen-bond donors (Lipinski definition) is 1. The molecular formula is C30H42FN3O4. The van der Waals surface area contributed by atoms with Crippen molar-refractivity contribution >= 4 is 17.3 Å². The average molecular weight is 528 g/mol. The maximum atomic E-state index is 15.7. The monoisotopic (exact) mass is 527 g/mol. The summed E-state index contributed by atoms with van der Waals surface area (Å²) in [6.07, 6.45) is 0. The van der Waals surface area contributed by atoms with Gasteiger partial charge >= 0.3 is 0 Å². The Morgan fingerprint density at radius 3 is 2.24 bits per heavy atom. The number of benzene rings is 2. The maximum Gasteiger partial charge on any atom is 0.197 e. The Bertz CT molecular complexity index is 1230. The van der Waals surface area contributed by atoms with Crippen molar-refractivity contribution in [3.05, 3.63) is 46.3 Å². The molecule has 1 aliphatic heterocycles. The van der Waals surface area contributed by atoms with Gasteiger partial charge in [0.15, 0.2) is 23.1 Å². The number of halogens is 1. The molecule has 0 amide bonds. The van der Waals surface area contributed by atoms with Gasteiger partial charge in [-0.3, -0.25) is 10.2 Å². The number of carbonyl (C=O) groups excluding carboxylic acids is 1. The molecule has 2 aromatic carbocycles. The molecule has 1 N–H and O–H groups in total. The van der Waals surface area contributed by atoms with Crippen LogP contribution in [0, 0.1) is 11.2 Å². The summed E-state index contributed by atoms with van der Waals surface area (Å²) in [5, 5.41) is 8.90. The molecule has 0 saturated carbocycles. The lowest BCUT2D eigenvalue weighted by Crippen LogP contribution is -2.42. The summed E-state index contributed by atoms with van der Waals surface area (Å²) in [5.41, 5.74) is 1.93. The van der Waals surface area contributed by atoms with Gasteiger partial charge < -0.3 is 24.0 Å². The van der Waals surface area contributed by atoms with E-state index in [1.807, 2.05) is 51.8 Å². The maximum absolute atomic E-state index is 15.7. The van der Waals surface area contributed by atoms with Crippen LogP contribution in [0.2, 0.25) is 0 Å². The second-order valence-electron chi connectivity index (χ2n) is 11.1. The number of nitrogens with zero attached hydrogens (tertiary/aromatic N) is 2. The molecule has 7 nitrogen and oxygen atoms in total. The first-order valence-corrected chi connectivity index (χ1v) is 13.2. The van der Waals surface area contributed by atoms with E-state index in [1.54, 1.807) is 25.0 Å². The first-order chi connectivity index (χ1) is 17.7. The number of methoxy groups -OCH3 is 1. The molecule has 0 saturated heterocycles. The van der Waals surface area contributed by atoms with Crippen LogP contribution >= 0.6 is 0 Å². The van der Waals surface area contributed by atoms with Gasteiger partial charge in [0, 0.05) is 24.7 Å². The zero-order chi connectivity index (χ0) is 28.6. The highest BCUT2D eigenvalue weighted by atomic mass is 19.1. The molecule has 2 aromatic rings.